The molecule has 0 radical (unpaired) electrons. The van der Waals surface area contributed by atoms with E-state index in [1.165, 1.54) is 12.1 Å². The van der Waals surface area contributed by atoms with Crippen molar-refractivity contribution in [3.63, 3.8) is 0 Å². The van der Waals surface area contributed by atoms with Gasteiger partial charge in [-0.1, -0.05) is 29.8 Å². The number of anilines is 2. The second-order valence-corrected chi connectivity index (χ2v) is 4.82. The van der Waals surface area contributed by atoms with E-state index in [1.54, 1.807) is 37.3 Å². The van der Waals surface area contributed by atoms with Crippen LogP contribution in [0.3, 0.4) is 0 Å². The minimum absolute atomic E-state index is 0.113. The number of carbonyl (C=O) groups is 2. The van der Waals surface area contributed by atoms with Gasteiger partial charge in [-0.25, -0.2) is 0 Å². The van der Waals surface area contributed by atoms with Crippen molar-refractivity contribution in [1.82, 2.24) is 0 Å². The van der Waals surface area contributed by atoms with Gasteiger partial charge in [0, 0.05) is 10.7 Å². The molecule has 108 valence electrons. The SMILES string of the molecule is Cc1ccc(Cl)cc1NC(=O)C(=O)Nc1ccccc1O. The standard InChI is InChI=1S/C15H13ClN2O3/c1-9-6-7-10(16)8-12(9)18-15(21)14(20)17-11-4-2-3-5-13(11)19/h2-8,19H,1H3,(H,17,20)(H,18,21). The maximum atomic E-state index is 11.8. The highest BCUT2D eigenvalue weighted by molar-refractivity contribution is 6.44. The molecule has 0 aliphatic carbocycles. The summed E-state index contributed by atoms with van der Waals surface area (Å²) < 4.78 is 0. The van der Waals surface area contributed by atoms with Crippen LogP contribution in [0.5, 0.6) is 5.75 Å². The Morgan fingerprint density at radius 3 is 2.29 bits per heavy atom. The van der Waals surface area contributed by atoms with Crippen LogP contribution in [0.1, 0.15) is 5.56 Å². The minimum atomic E-state index is -0.879. The molecule has 0 bridgehead atoms. The lowest BCUT2D eigenvalue weighted by atomic mass is 10.2. The smallest absolute Gasteiger partial charge is 0.314 e. The first-order valence-electron chi connectivity index (χ1n) is 6.14. The molecule has 0 spiro atoms. The summed E-state index contributed by atoms with van der Waals surface area (Å²) in [7, 11) is 0. The summed E-state index contributed by atoms with van der Waals surface area (Å²) in [6.45, 7) is 1.78. The zero-order valence-electron chi connectivity index (χ0n) is 11.2. The third-order valence-corrected chi connectivity index (χ3v) is 3.04. The number of hydrogen-bond acceptors (Lipinski definition) is 3. The number of hydrogen-bond donors (Lipinski definition) is 3. The van der Waals surface area contributed by atoms with Crippen LogP contribution >= 0.6 is 11.6 Å². The molecule has 5 nitrogen and oxygen atoms in total. The number of aromatic hydroxyl groups is 1. The number of amides is 2. The van der Waals surface area contributed by atoms with Crippen molar-refractivity contribution in [2.24, 2.45) is 0 Å². The molecular weight excluding hydrogens is 292 g/mol. The Balaban J connectivity index is 2.08. The van der Waals surface area contributed by atoms with Gasteiger partial charge in [0.25, 0.3) is 0 Å². The van der Waals surface area contributed by atoms with Gasteiger partial charge in [-0.2, -0.15) is 0 Å². The lowest BCUT2D eigenvalue weighted by Crippen LogP contribution is -2.29. The summed E-state index contributed by atoms with van der Waals surface area (Å²) in [5, 5.41) is 14.8. The normalized spacial score (nSPS) is 10.0. The van der Waals surface area contributed by atoms with E-state index in [1.807, 2.05) is 0 Å². The summed E-state index contributed by atoms with van der Waals surface area (Å²) >= 11 is 5.85. The van der Waals surface area contributed by atoms with E-state index < -0.39 is 11.8 Å². The van der Waals surface area contributed by atoms with E-state index in [2.05, 4.69) is 10.6 Å². The van der Waals surface area contributed by atoms with Crippen LogP contribution in [0.2, 0.25) is 5.02 Å². The molecule has 0 heterocycles. The molecule has 0 aromatic heterocycles. The molecule has 0 aliphatic rings. The fraction of sp³-hybridized carbons (Fsp3) is 0.0667. The van der Waals surface area contributed by atoms with Gasteiger partial charge < -0.3 is 15.7 Å². The van der Waals surface area contributed by atoms with E-state index in [9.17, 15) is 14.7 Å². The largest absolute Gasteiger partial charge is 0.506 e. The average molecular weight is 305 g/mol. The number of benzene rings is 2. The second kappa shape index (κ2) is 6.28. The van der Waals surface area contributed by atoms with E-state index in [4.69, 9.17) is 11.6 Å². The van der Waals surface area contributed by atoms with Crippen LogP contribution in [0.4, 0.5) is 11.4 Å². The lowest BCUT2D eigenvalue weighted by Gasteiger charge is -2.09. The second-order valence-electron chi connectivity index (χ2n) is 4.38. The maximum Gasteiger partial charge on any atom is 0.314 e. The highest BCUT2D eigenvalue weighted by atomic mass is 35.5. The van der Waals surface area contributed by atoms with Crippen LogP contribution in [0, 0.1) is 6.92 Å². The predicted molar refractivity (Wildman–Crippen MR) is 81.6 cm³/mol. The Bertz CT molecular complexity index is 701. The van der Waals surface area contributed by atoms with Gasteiger partial charge in [0.1, 0.15) is 5.75 Å². The van der Waals surface area contributed by atoms with E-state index in [-0.39, 0.29) is 11.4 Å². The van der Waals surface area contributed by atoms with Crippen LogP contribution in [-0.4, -0.2) is 16.9 Å². The Kier molecular flexibility index (Phi) is 4.45. The highest BCUT2D eigenvalue weighted by Gasteiger charge is 2.16. The Hall–Kier alpha value is -2.53. The van der Waals surface area contributed by atoms with Crippen molar-refractivity contribution in [3.8, 4) is 5.75 Å². The zero-order chi connectivity index (χ0) is 15.4. The minimum Gasteiger partial charge on any atom is -0.506 e. The van der Waals surface area contributed by atoms with Crippen molar-refractivity contribution < 1.29 is 14.7 Å². The molecule has 2 aromatic rings. The fourth-order valence-electron chi connectivity index (χ4n) is 1.67. The number of halogens is 1. The summed E-state index contributed by atoms with van der Waals surface area (Å²) in [5.74, 6) is -1.84. The van der Waals surface area contributed by atoms with Crippen molar-refractivity contribution >= 4 is 34.8 Å². The van der Waals surface area contributed by atoms with Gasteiger partial charge in [-0.3, -0.25) is 9.59 Å². The maximum absolute atomic E-state index is 11.8. The zero-order valence-corrected chi connectivity index (χ0v) is 11.9. The number of para-hydroxylation sites is 2. The first-order chi connectivity index (χ1) is 9.97. The van der Waals surface area contributed by atoms with Crippen LogP contribution < -0.4 is 10.6 Å². The molecule has 0 atom stereocenters. The summed E-state index contributed by atoms with van der Waals surface area (Å²) in [6, 6.07) is 11.1. The Labute approximate surface area is 126 Å². The van der Waals surface area contributed by atoms with Gasteiger partial charge in [0.05, 0.1) is 5.69 Å². The molecule has 21 heavy (non-hydrogen) atoms. The molecular formula is C15H13ClN2O3. The average Bonchev–Trinajstić information content (AvgIpc) is 2.45. The van der Waals surface area contributed by atoms with E-state index in [0.717, 1.165) is 5.56 Å². The Morgan fingerprint density at radius 2 is 1.62 bits per heavy atom. The molecule has 2 rings (SSSR count). The van der Waals surface area contributed by atoms with Gasteiger partial charge in [-0.15, -0.1) is 0 Å². The molecule has 0 aliphatic heterocycles. The van der Waals surface area contributed by atoms with Crippen molar-refractivity contribution in [2.75, 3.05) is 10.6 Å². The molecule has 0 unspecified atom stereocenters. The van der Waals surface area contributed by atoms with Gasteiger partial charge in [-0.05, 0) is 36.8 Å². The summed E-state index contributed by atoms with van der Waals surface area (Å²) in [6.07, 6.45) is 0. The van der Waals surface area contributed by atoms with Crippen LogP contribution in [0.25, 0.3) is 0 Å². The van der Waals surface area contributed by atoms with E-state index in [0.29, 0.717) is 10.7 Å². The monoisotopic (exact) mass is 304 g/mol. The number of carbonyl (C=O) groups excluding carboxylic acids is 2. The molecule has 0 saturated heterocycles. The number of nitrogens with one attached hydrogen (secondary N) is 2. The molecule has 2 amide bonds. The van der Waals surface area contributed by atoms with E-state index >= 15 is 0 Å². The number of phenols is 1. The van der Waals surface area contributed by atoms with Crippen molar-refractivity contribution in [1.29, 1.82) is 0 Å². The van der Waals surface area contributed by atoms with Gasteiger partial charge >= 0.3 is 11.8 Å². The molecule has 6 heteroatoms. The fourth-order valence-corrected chi connectivity index (χ4v) is 1.84. The van der Waals surface area contributed by atoms with Gasteiger partial charge in [0.15, 0.2) is 0 Å². The number of rotatable bonds is 2. The number of phenolic OH excluding ortho intramolecular Hbond substituents is 1. The van der Waals surface area contributed by atoms with Crippen LogP contribution in [0.15, 0.2) is 42.5 Å². The summed E-state index contributed by atoms with van der Waals surface area (Å²) in [4.78, 5) is 23.6. The quantitative estimate of drug-likeness (QED) is 0.589. The Morgan fingerprint density at radius 1 is 1.00 bits per heavy atom. The molecule has 3 N–H and O–H groups in total. The lowest BCUT2D eigenvalue weighted by molar-refractivity contribution is -0.133. The van der Waals surface area contributed by atoms with Crippen molar-refractivity contribution in [2.45, 2.75) is 6.92 Å². The number of aryl methyl sites for hydroxylation is 1. The third-order valence-electron chi connectivity index (χ3n) is 2.81. The molecule has 0 fully saturated rings. The molecule has 2 aromatic carbocycles. The van der Waals surface area contributed by atoms with Crippen molar-refractivity contribution in [3.05, 3.63) is 53.1 Å². The summed E-state index contributed by atoms with van der Waals surface area (Å²) in [5.41, 5.74) is 1.41. The van der Waals surface area contributed by atoms with Gasteiger partial charge in [0.2, 0.25) is 0 Å². The molecule has 0 saturated carbocycles. The predicted octanol–water partition coefficient (Wildman–Crippen LogP) is 2.93. The first kappa shape index (κ1) is 14.9. The first-order valence-corrected chi connectivity index (χ1v) is 6.51. The van der Waals surface area contributed by atoms with Crippen LogP contribution in [-0.2, 0) is 9.59 Å². The topological polar surface area (TPSA) is 78.4 Å². The highest BCUT2D eigenvalue weighted by Crippen LogP contribution is 2.22. The third kappa shape index (κ3) is 3.73.